The van der Waals surface area contributed by atoms with Gasteiger partial charge in [0.15, 0.2) is 12.0 Å². The minimum atomic E-state index is -1.74. The van der Waals surface area contributed by atoms with Gasteiger partial charge >= 0.3 is 5.97 Å². The second-order valence-corrected chi connectivity index (χ2v) is 9.94. The topological polar surface area (TPSA) is 146 Å². The minimum absolute atomic E-state index is 0.0844. The zero-order chi connectivity index (χ0) is 26.6. The maximum atomic E-state index is 14.8. The summed E-state index contributed by atoms with van der Waals surface area (Å²) in [4.78, 5) is 18.9. The molecule has 5 aromatic rings. The zero-order valence-electron chi connectivity index (χ0n) is 19.6. The van der Waals surface area contributed by atoms with Gasteiger partial charge in [0, 0.05) is 38.9 Å². The van der Waals surface area contributed by atoms with Crippen LogP contribution in [0.5, 0.6) is 0 Å². The highest BCUT2D eigenvalue weighted by Crippen LogP contribution is 2.41. The third-order valence-corrected chi connectivity index (χ3v) is 7.64. The van der Waals surface area contributed by atoms with Crippen molar-refractivity contribution in [3.05, 3.63) is 86.4 Å². The fourth-order valence-corrected chi connectivity index (χ4v) is 5.73. The lowest BCUT2D eigenvalue weighted by Gasteiger charge is -2.20. The SMILES string of the molecule is COC(=O)c1scc(-c2c[nH]c(C3(O)CCc4cc(-c5cc(Cl)ccc5-n5cnnn5)c[n+]([O-])c43)n2)c1F. The van der Waals surface area contributed by atoms with Gasteiger partial charge in [-0.3, -0.25) is 0 Å². The zero-order valence-corrected chi connectivity index (χ0v) is 21.1. The van der Waals surface area contributed by atoms with Crippen LogP contribution in [0, 0.1) is 11.0 Å². The second kappa shape index (κ2) is 8.97. The highest BCUT2D eigenvalue weighted by molar-refractivity contribution is 7.12. The minimum Gasteiger partial charge on any atom is -0.618 e. The van der Waals surface area contributed by atoms with Crippen LogP contribution < -0.4 is 4.73 Å². The Labute approximate surface area is 222 Å². The van der Waals surface area contributed by atoms with E-state index in [0.717, 1.165) is 11.3 Å². The molecule has 0 saturated carbocycles. The van der Waals surface area contributed by atoms with Crippen molar-refractivity contribution in [2.24, 2.45) is 0 Å². The number of carbonyl (C=O) groups is 1. The van der Waals surface area contributed by atoms with Crippen LogP contribution in [0.2, 0.25) is 5.02 Å². The van der Waals surface area contributed by atoms with E-state index in [0.29, 0.717) is 38.6 Å². The number of hydrogen-bond donors (Lipinski definition) is 2. The lowest BCUT2D eigenvalue weighted by molar-refractivity contribution is -0.620. The summed E-state index contributed by atoms with van der Waals surface area (Å²) in [6, 6.07) is 6.95. The first-order chi connectivity index (χ1) is 18.3. The van der Waals surface area contributed by atoms with Crippen molar-refractivity contribution >= 4 is 28.9 Å². The van der Waals surface area contributed by atoms with Crippen molar-refractivity contribution in [3.8, 4) is 28.1 Å². The van der Waals surface area contributed by atoms with Crippen LogP contribution in [0.1, 0.15) is 33.2 Å². The lowest BCUT2D eigenvalue weighted by Crippen LogP contribution is -2.42. The van der Waals surface area contributed by atoms with E-state index in [1.165, 1.54) is 35.9 Å². The molecule has 4 aromatic heterocycles. The number of ether oxygens (including phenoxy) is 1. The standard InChI is InChI=1S/C24H17ClFN7O4S/c1-37-22(34)20-19(26)16(10-38-20)17-8-27-23(29-17)24(35)5-4-12-6-13(9-33(36)21(12)24)15-7-14(25)2-3-18(15)32-11-28-30-31-32/h2-3,6-11,35H,4-5H2,1H3,(H,27,29). The first-order valence-electron chi connectivity index (χ1n) is 11.2. The molecule has 192 valence electrons. The summed E-state index contributed by atoms with van der Waals surface area (Å²) < 4.78 is 21.5. The van der Waals surface area contributed by atoms with Crippen LogP contribution in [0.4, 0.5) is 4.39 Å². The van der Waals surface area contributed by atoms with Crippen LogP contribution in [0.3, 0.4) is 0 Å². The van der Waals surface area contributed by atoms with Gasteiger partial charge < -0.3 is 20.0 Å². The first-order valence-corrected chi connectivity index (χ1v) is 12.5. The third kappa shape index (κ3) is 3.74. The molecule has 0 bridgehead atoms. The Balaban J connectivity index is 1.40. The number of rotatable bonds is 5. The highest BCUT2D eigenvalue weighted by atomic mass is 35.5. The highest BCUT2D eigenvalue weighted by Gasteiger charge is 2.48. The number of thiophene rings is 1. The molecule has 11 nitrogen and oxygen atoms in total. The molecule has 6 rings (SSSR count). The number of fused-ring (bicyclic) bond motifs is 1. The molecule has 1 atom stereocenters. The normalized spacial score (nSPS) is 16.5. The number of aryl methyl sites for hydroxylation is 1. The van der Waals surface area contributed by atoms with Crippen molar-refractivity contribution in [2.75, 3.05) is 7.11 Å². The number of nitrogens with zero attached hydrogens (tertiary/aromatic N) is 6. The average molecular weight is 554 g/mol. The maximum Gasteiger partial charge on any atom is 0.351 e. The number of hydrogen-bond acceptors (Lipinski definition) is 9. The fraction of sp³-hybridized carbons (Fsp3) is 0.167. The van der Waals surface area contributed by atoms with Crippen molar-refractivity contribution in [1.82, 2.24) is 30.2 Å². The molecule has 0 spiro atoms. The van der Waals surface area contributed by atoms with Gasteiger partial charge in [0.1, 0.15) is 17.0 Å². The quantitative estimate of drug-likeness (QED) is 0.192. The van der Waals surface area contributed by atoms with Gasteiger partial charge in [0.05, 0.1) is 18.5 Å². The van der Waals surface area contributed by atoms with Crippen LogP contribution in [-0.2, 0) is 16.8 Å². The number of imidazole rings is 1. The summed E-state index contributed by atoms with van der Waals surface area (Å²) in [5.41, 5.74) is 1.08. The number of H-pyrrole nitrogens is 1. The van der Waals surface area contributed by atoms with Gasteiger partial charge in [-0.1, -0.05) is 11.6 Å². The number of aromatic amines is 1. The Kier molecular flexibility index (Phi) is 5.70. The number of nitrogens with one attached hydrogen (secondary N) is 1. The largest absolute Gasteiger partial charge is 0.618 e. The summed E-state index contributed by atoms with van der Waals surface area (Å²) in [7, 11) is 1.17. The Hall–Kier alpha value is -4.20. The number of esters is 1. The molecule has 0 saturated heterocycles. The Bertz CT molecular complexity index is 1700. The number of benzene rings is 1. The van der Waals surface area contributed by atoms with E-state index < -0.39 is 17.4 Å². The maximum absolute atomic E-state index is 14.8. The van der Waals surface area contributed by atoms with E-state index in [1.807, 2.05) is 6.07 Å². The monoisotopic (exact) mass is 553 g/mol. The van der Waals surface area contributed by atoms with E-state index in [2.05, 4.69) is 30.2 Å². The first kappa shape index (κ1) is 24.2. The van der Waals surface area contributed by atoms with Crippen LogP contribution in [0.25, 0.3) is 28.1 Å². The number of methoxy groups -OCH3 is 1. The molecule has 1 aliphatic carbocycles. The number of aromatic nitrogens is 7. The van der Waals surface area contributed by atoms with E-state index in [9.17, 15) is 19.5 Å². The van der Waals surface area contributed by atoms with Crippen molar-refractivity contribution in [2.45, 2.75) is 18.4 Å². The van der Waals surface area contributed by atoms with Crippen molar-refractivity contribution in [1.29, 1.82) is 0 Å². The number of halogens is 2. The number of pyridine rings is 1. The average Bonchev–Trinajstić information content (AvgIpc) is 3.71. The predicted molar refractivity (Wildman–Crippen MR) is 133 cm³/mol. The molecule has 0 amide bonds. The van der Waals surface area contributed by atoms with Crippen LogP contribution in [0.15, 0.2) is 48.4 Å². The molecule has 14 heteroatoms. The predicted octanol–water partition coefficient (Wildman–Crippen LogP) is 3.18. The molecule has 38 heavy (non-hydrogen) atoms. The fourth-order valence-electron chi connectivity index (χ4n) is 4.71. The third-order valence-electron chi connectivity index (χ3n) is 6.47. The van der Waals surface area contributed by atoms with E-state index in [4.69, 9.17) is 11.6 Å². The van der Waals surface area contributed by atoms with Crippen molar-refractivity contribution in [3.63, 3.8) is 0 Å². The summed E-state index contributed by atoms with van der Waals surface area (Å²) in [5, 5.41) is 38.2. The summed E-state index contributed by atoms with van der Waals surface area (Å²) in [6.45, 7) is 0. The lowest BCUT2D eigenvalue weighted by atomic mass is 9.98. The van der Waals surface area contributed by atoms with E-state index >= 15 is 0 Å². The molecule has 4 heterocycles. The van der Waals surface area contributed by atoms with E-state index in [1.54, 1.807) is 18.2 Å². The van der Waals surface area contributed by atoms with Gasteiger partial charge in [-0.25, -0.2) is 14.2 Å². The van der Waals surface area contributed by atoms with Crippen LogP contribution >= 0.6 is 22.9 Å². The molecule has 0 fully saturated rings. The number of tetrazole rings is 1. The van der Waals surface area contributed by atoms with Gasteiger partial charge in [-0.05, 0) is 47.5 Å². The molecular weight excluding hydrogens is 537 g/mol. The van der Waals surface area contributed by atoms with Gasteiger partial charge in [0.2, 0.25) is 11.3 Å². The molecule has 0 radical (unpaired) electrons. The Morgan fingerprint density at radius 1 is 1.37 bits per heavy atom. The Morgan fingerprint density at radius 3 is 2.97 bits per heavy atom. The number of aliphatic hydroxyl groups is 1. The van der Waals surface area contributed by atoms with Gasteiger partial charge in [-0.2, -0.15) is 9.41 Å². The molecule has 1 aromatic carbocycles. The Morgan fingerprint density at radius 2 is 2.21 bits per heavy atom. The molecular formula is C24H17ClFN7O4S. The van der Waals surface area contributed by atoms with E-state index in [-0.39, 0.29) is 34.1 Å². The molecule has 1 aliphatic rings. The smallest absolute Gasteiger partial charge is 0.351 e. The summed E-state index contributed by atoms with van der Waals surface area (Å²) >= 11 is 7.14. The van der Waals surface area contributed by atoms with Gasteiger partial charge in [0.25, 0.3) is 0 Å². The van der Waals surface area contributed by atoms with Crippen LogP contribution in [-0.4, -0.2) is 48.4 Å². The van der Waals surface area contributed by atoms with Gasteiger partial charge in [-0.15, -0.1) is 16.4 Å². The molecule has 0 aliphatic heterocycles. The summed E-state index contributed by atoms with van der Waals surface area (Å²) in [5.74, 6) is -1.46. The van der Waals surface area contributed by atoms with Crippen molar-refractivity contribution < 1.29 is 23.8 Å². The number of carbonyl (C=O) groups excluding carboxylic acids is 1. The second-order valence-electron chi connectivity index (χ2n) is 8.62. The summed E-state index contributed by atoms with van der Waals surface area (Å²) in [6.07, 6.45) is 4.77. The molecule has 1 unspecified atom stereocenters. The molecule has 2 N–H and O–H groups in total.